The maximum atomic E-state index is 13.1. The maximum absolute atomic E-state index is 13.1. The number of aromatic nitrogens is 1. The van der Waals surface area contributed by atoms with Crippen LogP contribution >= 0.6 is 12.4 Å². The summed E-state index contributed by atoms with van der Waals surface area (Å²) < 4.78 is 0. The van der Waals surface area contributed by atoms with Crippen LogP contribution in [0, 0.1) is 0 Å². The third kappa shape index (κ3) is 6.17. The van der Waals surface area contributed by atoms with Crippen molar-refractivity contribution in [1.29, 1.82) is 0 Å². The number of carbonyl (C=O) groups excluding carboxylic acids is 2. The lowest BCUT2D eigenvalue weighted by atomic mass is 10.0. The first-order valence-corrected chi connectivity index (χ1v) is 9.59. The van der Waals surface area contributed by atoms with Crippen LogP contribution in [-0.2, 0) is 6.54 Å². The fraction of sp³-hybridized carbons (Fsp3) is 0.381. The Bertz CT molecular complexity index is 798. The number of urea groups is 1. The highest BCUT2D eigenvalue weighted by molar-refractivity contribution is 5.94. The predicted molar refractivity (Wildman–Crippen MR) is 115 cm³/mol. The summed E-state index contributed by atoms with van der Waals surface area (Å²) in [7, 11) is 0. The molecular weight excluding hydrogens is 390 g/mol. The minimum absolute atomic E-state index is 0. The van der Waals surface area contributed by atoms with E-state index in [4.69, 9.17) is 0 Å². The first-order valence-electron chi connectivity index (χ1n) is 9.59. The van der Waals surface area contributed by atoms with Crippen molar-refractivity contribution in [3.8, 4) is 0 Å². The molecule has 1 atom stereocenters. The van der Waals surface area contributed by atoms with Gasteiger partial charge in [0.05, 0.1) is 6.04 Å². The smallest absolute Gasteiger partial charge is 0.315 e. The topological polar surface area (TPSA) is 86.4 Å². The summed E-state index contributed by atoms with van der Waals surface area (Å²) >= 11 is 0. The number of rotatable bonds is 5. The average molecular weight is 418 g/mol. The Morgan fingerprint density at radius 2 is 2.00 bits per heavy atom. The van der Waals surface area contributed by atoms with Crippen LogP contribution in [0.2, 0.25) is 0 Å². The number of hydrogen-bond donors (Lipinski definition) is 3. The van der Waals surface area contributed by atoms with E-state index in [1.807, 2.05) is 61.3 Å². The molecule has 0 saturated carbocycles. The molecule has 1 saturated heterocycles. The molecule has 1 aromatic heterocycles. The first kappa shape index (κ1) is 22.6. The zero-order valence-electron chi connectivity index (χ0n) is 16.7. The number of halogens is 1. The summed E-state index contributed by atoms with van der Waals surface area (Å²) in [4.78, 5) is 30.9. The lowest BCUT2D eigenvalue weighted by Crippen LogP contribution is -2.48. The van der Waals surface area contributed by atoms with Crippen molar-refractivity contribution < 1.29 is 9.59 Å². The number of piperazine rings is 1. The lowest BCUT2D eigenvalue weighted by molar-refractivity contribution is 0.0634. The minimum atomic E-state index is -0.199. The number of amides is 3. The van der Waals surface area contributed by atoms with Crippen LogP contribution in [0.5, 0.6) is 0 Å². The molecule has 1 unspecified atom stereocenters. The summed E-state index contributed by atoms with van der Waals surface area (Å²) in [5, 5.41) is 8.95. The van der Waals surface area contributed by atoms with Crippen LogP contribution < -0.4 is 16.0 Å². The van der Waals surface area contributed by atoms with Crippen molar-refractivity contribution in [2.24, 2.45) is 0 Å². The molecule has 3 rings (SSSR count). The number of nitrogens with one attached hydrogen (secondary N) is 3. The molecule has 8 heteroatoms. The van der Waals surface area contributed by atoms with Gasteiger partial charge in [-0.25, -0.2) is 4.79 Å². The molecule has 7 nitrogen and oxygen atoms in total. The Morgan fingerprint density at radius 3 is 2.66 bits per heavy atom. The van der Waals surface area contributed by atoms with Gasteiger partial charge in [-0.05, 0) is 43.2 Å². The molecule has 1 aliphatic heterocycles. The molecule has 0 radical (unpaired) electrons. The van der Waals surface area contributed by atoms with E-state index < -0.39 is 0 Å². The van der Waals surface area contributed by atoms with Gasteiger partial charge in [-0.3, -0.25) is 9.78 Å². The second-order valence-electron chi connectivity index (χ2n) is 7.18. The summed E-state index contributed by atoms with van der Waals surface area (Å²) in [5.74, 6) is 0.00686. The molecule has 1 aromatic carbocycles. The van der Waals surface area contributed by atoms with Gasteiger partial charge in [0, 0.05) is 50.2 Å². The third-order valence-electron chi connectivity index (χ3n) is 4.65. The molecule has 2 aromatic rings. The predicted octanol–water partition coefficient (Wildman–Crippen LogP) is 2.50. The van der Waals surface area contributed by atoms with E-state index in [2.05, 4.69) is 20.9 Å². The molecule has 1 aliphatic rings. The monoisotopic (exact) mass is 417 g/mol. The lowest BCUT2D eigenvalue weighted by Gasteiger charge is -2.36. The fourth-order valence-electron chi connectivity index (χ4n) is 3.24. The summed E-state index contributed by atoms with van der Waals surface area (Å²) in [6.45, 7) is 6.37. The Morgan fingerprint density at radius 1 is 1.24 bits per heavy atom. The largest absolute Gasteiger partial charge is 0.336 e. The first-order chi connectivity index (χ1) is 13.5. The number of nitrogens with zero attached hydrogens (tertiary/aromatic N) is 2. The maximum Gasteiger partial charge on any atom is 0.315 e. The van der Waals surface area contributed by atoms with Crippen molar-refractivity contribution in [2.45, 2.75) is 32.5 Å². The van der Waals surface area contributed by atoms with Gasteiger partial charge in [0.15, 0.2) is 0 Å². The molecule has 0 bridgehead atoms. The van der Waals surface area contributed by atoms with E-state index in [1.54, 1.807) is 6.20 Å². The van der Waals surface area contributed by atoms with Gasteiger partial charge in [0.25, 0.3) is 5.91 Å². The molecule has 0 spiro atoms. The van der Waals surface area contributed by atoms with E-state index in [0.29, 0.717) is 25.2 Å². The quantitative estimate of drug-likeness (QED) is 0.697. The van der Waals surface area contributed by atoms with E-state index >= 15 is 0 Å². The molecular formula is C21H28ClN5O2. The molecule has 3 N–H and O–H groups in total. The molecule has 0 aliphatic carbocycles. The Labute approximate surface area is 177 Å². The second-order valence-corrected chi connectivity index (χ2v) is 7.18. The van der Waals surface area contributed by atoms with Crippen LogP contribution in [-0.4, -0.2) is 47.5 Å². The van der Waals surface area contributed by atoms with Crippen LogP contribution in [0.1, 0.15) is 41.4 Å². The Balaban J connectivity index is 0.00000300. The molecule has 2 heterocycles. The van der Waals surface area contributed by atoms with Gasteiger partial charge in [-0.15, -0.1) is 12.4 Å². The van der Waals surface area contributed by atoms with Crippen molar-refractivity contribution >= 4 is 24.3 Å². The summed E-state index contributed by atoms with van der Waals surface area (Å²) in [5.41, 5.74) is 2.62. The van der Waals surface area contributed by atoms with Crippen LogP contribution in [0.3, 0.4) is 0 Å². The van der Waals surface area contributed by atoms with E-state index in [0.717, 1.165) is 17.7 Å². The van der Waals surface area contributed by atoms with Crippen LogP contribution in [0.15, 0.2) is 48.8 Å². The number of benzene rings is 1. The van der Waals surface area contributed by atoms with E-state index in [9.17, 15) is 9.59 Å². The highest BCUT2D eigenvalue weighted by atomic mass is 35.5. The van der Waals surface area contributed by atoms with Gasteiger partial charge in [0.1, 0.15) is 0 Å². The Kier molecular flexibility index (Phi) is 8.42. The number of pyridine rings is 1. The van der Waals surface area contributed by atoms with Crippen molar-refractivity contribution in [3.63, 3.8) is 0 Å². The zero-order valence-corrected chi connectivity index (χ0v) is 17.5. The third-order valence-corrected chi connectivity index (χ3v) is 4.65. The standard InChI is InChI=1S/C21H27N5O2.ClH/c1-15(2)25-21(28)24-12-16-5-7-17(8-6-16)20(27)26-11-10-23-14-19(26)18-4-3-9-22-13-18;/h3-9,13,15,19,23H,10-12,14H2,1-2H3,(H2,24,25,28);1H. The van der Waals surface area contributed by atoms with Crippen molar-refractivity contribution in [3.05, 3.63) is 65.5 Å². The van der Waals surface area contributed by atoms with Gasteiger partial charge in [0.2, 0.25) is 0 Å². The van der Waals surface area contributed by atoms with Crippen molar-refractivity contribution in [1.82, 2.24) is 25.8 Å². The van der Waals surface area contributed by atoms with Crippen LogP contribution in [0.4, 0.5) is 4.79 Å². The van der Waals surface area contributed by atoms with Gasteiger partial charge < -0.3 is 20.9 Å². The minimum Gasteiger partial charge on any atom is -0.336 e. The number of hydrogen-bond acceptors (Lipinski definition) is 4. The van der Waals surface area contributed by atoms with Crippen LogP contribution in [0.25, 0.3) is 0 Å². The van der Waals surface area contributed by atoms with Gasteiger partial charge >= 0.3 is 6.03 Å². The number of carbonyl (C=O) groups is 2. The van der Waals surface area contributed by atoms with Crippen molar-refractivity contribution in [2.75, 3.05) is 19.6 Å². The molecule has 156 valence electrons. The normalized spacial score (nSPS) is 16.1. The van der Waals surface area contributed by atoms with Gasteiger partial charge in [-0.1, -0.05) is 18.2 Å². The SMILES string of the molecule is CC(C)NC(=O)NCc1ccc(C(=O)N2CCNCC2c2cccnc2)cc1.Cl. The van der Waals surface area contributed by atoms with Gasteiger partial charge in [-0.2, -0.15) is 0 Å². The summed E-state index contributed by atoms with van der Waals surface area (Å²) in [6.07, 6.45) is 3.55. The molecule has 3 amide bonds. The molecule has 1 fully saturated rings. The van der Waals surface area contributed by atoms with E-state index in [-0.39, 0.29) is 36.4 Å². The highest BCUT2D eigenvalue weighted by Crippen LogP contribution is 2.23. The Hall–Kier alpha value is -2.64. The van der Waals surface area contributed by atoms with E-state index in [1.165, 1.54) is 0 Å². The fourth-order valence-corrected chi connectivity index (χ4v) is 3.24. The molecule has 29 heavy (non-hydrogen) atoms. The highest BCUT2D eigenvalue weighted by Gasteiger charge is 2.28. The average Bonchev–Trinajstić information content (AvgIpc) is 2.72. The second kappa shape index (κ2) is 10.8. The zero-order chi connectivity index (χ0) is 19.9. The summed E-state index contributed by atoms with van der Waals surface area (Å²) in [6, 6.07) is 11.2.